The molecule has 1 amide bonds. The van der Waals surface area contributed by atoms with Crippen LogP contribution in [0.5, 0.6) is 0 Å². The number of rotatable bonds is 60. The van der Waals surface area contributed by atoms with Crippen LogP contribution < -0.4 is 5.32 Å². The van der Waals surface area contributed by atoms with Crippen molar-refractivity contribution in [2.45, 2.75) is 384 Å². The first-order valence-corrected chi connectivity index (χ1v) is 34.2. The first-order valence-electron chi connectivity index (χ1n) is 34.2. The summed E-state index contributed by atoms with van der Waals surface area (Å²) < 4.78 is 11.3. The Morgan fingerprint density at radius 3 is 1.08 bits per heavy atom. The molecule has 1 saturated heterocycles. The van der Waals surface area contributed by atoms with Crippen molar-refractivity contribution in [3.05, 3.63) is 36.5 Å². The van der Waals surface area contributed by atoms with Crippen LogP contribution >= 0.6 is 0 Å². The molecule has 7 atom stereocenters. The molecule has 9 nitrogen and oxygen atoms in total. The molecule has 1 fully saturated rings. The van der Waals surface area contributed by atoms with Crippen molar-refractivity contribution < 1.29 is 39.8 Å². The largest absolute Gasteiger partial charge is 0.394 e. The molecule has 0 aromatic heterocycles. The van der Waals surface area contributed by atoms with Crippen LogP contribution in [0.15, 0.2) is 36.5 Å². The van der Waals surface area contributed by atoms with E-state index >= 15 is 0 Å². The van der Waals surface area contributed by atoms with Gasteiger partial charge >= 0.3 is 0 Å². The molecule has 0 radical (unpaired) electrons. The van der Waals surface area contributed by atoms with Crippen LogP contribution in [0.4, 0.5) is 0 Å². The quantitative estimate of drug-likeness (QED) is 0.0261. The van der Waals surface area contributed by atoms with E-state index in [0.29, 0.717) is 6.42 Å². The second kappa shape index (κ2) is 58.6. The molecule has 78 heavy (non-hydrogen) atoms. The topological polar surface area (TPSA) is 149 Å². The summed E-state index contributed by atoms with van der Waals surface area (Å²) in [5, 5.41) is 54.7. The first kappa shape index (κ1) is 74.4. The number of aliphatic hydroxyl groups is 5. The lowest BCUT2D eigenvalue weighted by atomic mass is 9.99. The molecule has 0 aliphatic carbocycles. The van der Waals surface area contributed by atoms with Gasteiger partial charge in [0.25, 0.3) is 0 Å². The van der Waals surface area contributed by atoms with Crippen LogP contribution in [0.3, 0.4) is 0 Å². The molecule has 1 aliphatic heterocycles. The molecule has 7 unspecified atom stereocenters. The number of ether oxygens (including phenoxy) is 2. The van der Waals surface area contributed by atoms with Crippen LogP contribution in [0.2, 0.25) is 0 Å². The van der Waals surface area contributed by atoms with Gasteiger partial charge in [-0.2, -0.15) is 0 Å². The second-order valence-corrected chi connectivity index (χ2v) is 24.0. The molecule has 1 aliphatic rings. The molecule has 0 spiro atoms. The maximum Gasteiger partial charge on any atom is 0.220 e. The minimum atomic E-state index is -1.57. The highest BCUT2D eigenvalue weighted by molar-refractivity contribution is 5.76. The lowest BCUT2D eigenvalue weighted by Gasteiger charge is -2.40. The van der Waals surface area contributed by atoms with Crippen molar-refractivity contribution in [2.75, 3.05) is 13.2 Å². The maximum atomic E-state index is 13.1. The smallest absolute Gasteiger partial charge is 0.220 e. The van der Waals surface area contributed by atoms with Crippen molar-refractivity contribution in [3.63, 3.8) is 0 Å². The summed E-state index contributed by atoms with van der Waals surface area (Å²) in [6.45, 7) is 3.81. The van der Waals surface area contributed by atoms with E-state index in [-0.39, 0.29) is 12.5 Å². The number of carbonyl (C=O) groups is 1. The Morgan fingerprint density at radius 2 is 0.731 bits per heavy atom. The van der Waals surface area contributed by atoms with Crippen molar-refractivity contribution in [3.8, 4) is 0 Å². The molecule has 0 aromatic carbocycles. The third kappa shape index (κ3) is 47.0. The van der Waals surface area contributed by atoms with E-state index in [9.17, 15) is 30.3 Å². The predicted molar refractivity (Wildman–Crippen MR) is 332 cm³/mol. The lowest BCUT2D eigenvalue weighted by molar-refractivity contribution is -0.302. The molecule has 1 heterocycles. The van der Waals surface area contributed by atoms with Crippen LogP contribution in [0.1, 0.15) is 341 Å². The number of allylic oxidation sites excluding steroid dienone is 5. The second-order valence-electron chi connectivity index (χ2n) is 24.0. The highest BCUT2D eigenvalue weighted by atomic mass is 16.7. The standard InChI is InChI=1S/C69H131NO8/c1-3-5-7-9-11-13-15-17-19-21-23-25-27-28-29-30-31-32-33-34-35-37-38-40-42-44-46-48-50-52-54-56-58-63(72)62(61-77-69-68(76)67(75)66(74)64(60-71)78-69)70-65(73)59-57-55-53-51-49-47-45-43-41-39-36-26-24-22-20-18-16-14-12-10-8-6-4-2/h40,42,48,50,56,58,62-64,66-69,71-72,74-76H,3-39,41,43-47,49,51-55,57,59-61H2,1-2H3,(H,70,73)/b42-40+,50-48+,58-56+. The number of carbonyl (C=O) groups excluding carboxylic acids is 1. The Labute approximate surface area is 482 Å². The van der Waals surface area contributed by atoms with Crippen molar-refractivity contribution in [1.29, 1.82) is 0 Å². The van der Waals surface area contributed by atoms with Gasteiger partial charge in [-0.25, -0.2) is 0 Å². The number of unbranched alkanes of at least 4 members (excludes halogenated alkanes) is 46. The van der Waals surface area contributed by atoms with Gasteiger partial charge in [0.1, 0.15) is 24.4 Å². The predicted octanol–water partition coefficient (Wildman–Crippen LogP) is 18.3. The Hall–Kier alpha value is -1.59. The first-order chi connectivity index (χ1) is 38.3. The van der Waals surface area contributed by atoms with E-state index in [0.717, 1.165) is 44.9 Å². The minimum Gasteiger partial charge on any atom is -0.394 e. The van der Waals surface area contributed by atoms with E-state index in [4.69, 9.17) is 9.47 Å². The summed E-state index contributed by atoms with van der Waals surface area (Å²) in [5.41, 5.74) is 0. The summed E-state index contributed by atoms with van der Waals surface area (Å²) in [5.74, 6) is -0.184. The summed E-state index contributed by atoms with van der Waals surface area (Å²) in [6, 6.07) is -0.827. The van der Waals surface area contributed by atoms with E-state index in [1.165, 1.54) is 276 Å². The Morgan fingerprint density at radius 1 is 0.423 bits per heavy atom. The summed E-state index contributed by atoms with van der Waals surface area (Å²) >= 11 is 0. The van der Waals surface area contributed by atoms with Crippen LogP contribution in [-0.2, 0) is 14.3 Å². The third-order valence-electron chi connectivity index (χ3n) is 16.4. The molecular weight excluding hydrogens is 971 g/mol. The molecule has 1 rings (SSSR count). The summed E-state index contributed by atoms with van der Waals surface area (Å²) in [4.78, 5) is 13.1. The molecule has 0 bridgehead atoms. The zero-order valence-electron chi connectivity index (χ0n) is 51.4. The van der Waals surface area contributed by atoms with Crippen molar-refractivity contribution >= 4 is 5.91 Å². The zero-order chi connectivity index (χ0) is 56.5. The average molecular weight is 1100 g/mol. The van der Waals surface area contributed by atoms with E-state index < -0.39 is 49.5 Å². The number of nitrogens with one attached hydrogen (secondary N) is 1. The van der Waals surface area contributed by atoms with E-state index in [1.807, 2.05) is 6.08 Å². The number of hydrogen-bond acceptors (Lipinski definition) is 8. The fraction of sp³-hybridized carbons (Fsp3) is 0.899. The minimum absolute atomic E-state index is 0.184. The van der Waals surface area contributed by atoms with E-state index in [1.54, 1.807) is 6.08 Å². The Balaban J connectivity index is 2.17. The SMILES string of the molecule is CCCCCCCCCCCCCCCCCCCCCCCC/C=C/CC/C=C/CC/C=C/C(O)C(COC1OC(CO)C(O)C(O)C1O)NC(=O)CCCCCCCCCCCCCCCCCCCCCCCCC. The Bertz CT molecular complexity index is 1320. The van der Waals surface area contributed by atoms with Crippen molar-refractivity contribution in [2.24, 2.45) is 0 Å². The molecule has 0 aromatic rings. The van der Waals surface area contributed by atoms with Gasteiger partial charge in [-0.15, -0.1) is 0 Å². The van der Waals surface area contributed by atoms with Gasteiger partial charge in [-0.3, -0.25) is 4.79 Å². The van der Waals surface area contributed by atoms with Gasteiger partial charge in [0, 0.05) is 6.42 Å². The van der Waals surface area contributed by atoms with Crippen LogP contribution in [0, 0.1) is 0 Å². The van der Waals surface area contributed by atoms with Crippen LogP contribution in [0.25, 0.3) is 0 Å². The summed E-state index contributed by atoms with van der Waals surface area (Å²) in [6.07, 6.45) is 71.1. The van der Waals surface area contributed by atoms with Gasteiger partial charge in [0.2, 0.25) is 5.91 Å². The third-order valence-corrected chi connectivity index (χ3v) is 16.4. The van der Waals surface area contributed by atoms with Gasteiger partial charge in [-0.1, -0.05) is 326 Å². The molecular formula is C69H131NO8. The molecule has 6 N–H and O–H groups in total. The summed E-state index contributed by atoms with van der Waals surface area (Å²) in [7, 11) is 0. The normalized spacial score (nSPS) is 18.8. The van der Waals surface area contributed by atoms with E-state index in [2.05, 4.69) is 43.5 Å². The Kier molecular flexibility index (Phi) is 55.9. The number of hydrogen-bond donors (Lipinski definition) is 6. The highest BCUT2D eigenvalue weighted by Crippen LogP contribution is 2.23. The lowest BCUT2D eigenvalue weighted by Crippen LogP contribution is -2.60. The fourth-order valence-electron chi connectivity index (χ4n) is 11.1. The van der Waals surface area contributed by atoms with Gasteiger partial charge in [0.15, 0.2) is 6.29 Å². The molecule has 9 heteroatoms. The number of amides is 1. The fourth-order valence-corrected chi connectivity index (χ4v) is 11.1. The highest BCUT2D eigenvalue weighted by Gasteiger charge is 2.44. The molecule has 460 valence electrons. The monoisotopic (exact) mass is 1100 g/mol. The van der Waals surface area contributed by atoms with Gasteiger partial charge in [-0.05, 0) is 44.9 Å². The number of aliphatic hydroxyl groups excluding tert-OH is 5. The van der Waals surface area contributed by atoms with Crippen molar-refractivity contribution in [1.82, 2.24) is 5.32 Å². The molecule has 0 saturated carbocycles. The maximum absolute atomic E-state index is 13.1. The van der Waals surface area contributed by atoms with Gasteiger partial charge in [0.05, 0.1) is 25.4 Å². The average Bonchev–Trinajstić information content (AvgIpc) is 3.45. The van der Waals surface area contributed by atoms with Gasteiger partial charge < -0.3 is 40.3 Å². The zero-order valence-corrected chi connectivity index (χ0v) is 51.4. The van der Waals surface area contributed by atoms with Crippen LogP contribution in [-0.4, -0.2) is 87.5 Å².